The number of nitro groups is 1. The summed E-state index contributed by atoms with van der Waals surface area (Å²) in [6, 6.07) is 4.48. The van der Waals surface area contributed by atoms with Crippen molar-refractivity contribution in [3.8, 4) is 5.75 Å². The van der Waals surface area contributed by atoms with Gasteiger partial charge in [-0.25, -0.2) is 13.2 Å². The third kappa shape index (κ3) is 5.58. The molecule has 7 nitrogen and oxygen atoms in total. The van der Waals surface area contributed by atoms with Gasteiger partial charge in [-0.1, -0.05) is 6.07 Å². The van der Waals surface area contributed by atoms with Crippen LogP contribution >= 0.6 is 0 Å². The Morgan fingerprint density at radius 2 is 1.76 bits per heavy atom. The van der Waals surface area contributed by atoms with Gasteiger partial charge in [-0.15, -0.1) is 0 Å². The first-order chi connectivity index (χ1) is 13.8. The highest BCUT2D eigenvalue weighted by atomic mass is 19.2. The molecule has 0 fully saturated rings. The summed E-state index contributed by atoms with van der Waals surface area (Å²) in [5.41, 5.74) is -1.40. The van der Waals surface area contributed by atoms with Gasteiger partial charge in [0.15, 0.2) is 23.6 Å². The molecule has 0 bridgehead atoms. The summed E-state index contributed by atoms with van der Waals surface area (Å²) in [6.07, 6.45) is -0.858. The van der Waals surface area contributed by atoms with Crippen molar-refractivity contribution in [1.29, 1.82) is 0 Å². The predicted molar refractivity (Wildman–Crippen MR) is 100.0 cm³/mol. The molecule has 0 radical (unpaired) electrons. The highest BCUT2D eigenvalue weighted by molar-refractivity contribution is 5.75. The number of hydrogen-bond acceptors (Lipinski definition) is 6. The van der Waals surface area contributed by atoms with Gasteiger partial charge in [0.2, 0.25) is 5.75 Å². The molecule has 0 atom stereocenters. The van der Waals surface area contributed by atoms with Crippen LogP contribution in [0.1, 0.15) is 19.4 Å². The van der Waals surface area contributed by atoms with Gasteiger partial charge in [0.05, 0.1) is 10.6 Å². The summed E-state index contributed by atoms with van der Waals surface area (Å²) in [5, 5.41) is 13.8. The molecule has 0 aromatic heterocycles. The molecule has 158 valence electrons. The van der Waals surface area contributed by atoms with E-state index in [4.69, 9.17) is 14.2 Å². The molecule has 0 amide bonds. The second-order valence-corrected chi connectivity index (χ2v) is 5.91. The molecule has 0 aliphatic rings. The number of halogens is 3. The third-order valence-electron chi connectivity index (χ3n) is 3.80. The van der Waals surface area contributed by atoms with Gasteiger partial charge in [-0.2, -0.15) is 0 Å². The van der Waals surface area contributed by atoms with Crippen LogP contribution in [0.2, 0.25) is 0 Å². The van der Waals surface area contributed by atoms with Crippen molar-refractivity contribution in [2.24, 2.45) is 0 Å². The number of rotatable bonds is 10. The molecule has 0 saturated carbocycles. The lowest BCUT2D eigenvalue weighted by molar-refractivity contribution is -0.385. The molecule has 0 unspecified atom stereocenters. The summed E-state index contributed by atoms with van der Waals surface area (Å²) in [6.45, 7) is 5.33. The Bertz CT molecular complexity index is 873. The Morgan fingerprint density at radius 3 is 2.31 bits per heavy atom. The van der Waals surface area contributed by atoms with Gasteiger partial charge < -0.3 is 19.5 Å². The summed E-state index contributed by atoms with van der Waals surface area (Å²) in [4.78, 5) is 10.6. The lowest BCUT2D eigenvalue weighted by Crippen LogP contribution is -2.25. The average Bonchev–Trinajstić information content (AvgIpc) is 2.65. The Balaban J connectivity index is 2.44. The van der Waals surface area contributed by atoms with Crippen molar-refractivity contribution in [2.75, 3.05) is 25.1 Å². The molecule has 0 aliphatic carbocycles. The number of anilines is 2. The molecular formula is C19H21F3N2O5. The minimum absolute atomic E-state index is 0.254. The SMILES string of the molecule is CCOC(COc1cc(F)c(F)c(Nc2ccc(C)cc2F)c1[N+](=O)[O-])OCC. The van der Waals surface area contributed by atoms with Crippen molar-refractivity contribution < 1.29 is 32.3 Å². The van der Waals surface area contributed by atoms with E-state index in [0.717, 1.165) is 6.07 Å². The van der Waals surface area contributed by atoms with Crippen LogP contribution in [0.4, 0.5) is 30.2 Å². The van der Waals surface area contributed by atoms with E-state index < -0.39 is 45.8 Å². The van der Waals surface area contributed by atoms with Gasteiger partial charge in [-0.05, 0) is 38.5 Å². The van der Waals surface area contributed by atoms with Gasteiger partial charge in [0.25, 0.3) is 0 Å². The van der Waals surface area contributed by atoms with Gasteiger partial charge in [0, 0.05) is 19.3 Å². The minimum atomic E-state index is -1.53. The summed E-state index contributed by atoms with van der Waals surface area (Å²) in [5.74, 6) is -4.26. The molecule has 0 heterocycles. The van der Waals surface area contributed by atoms with Crippen LogP contribution in [0.15, 0.2) is 24.3 Å². The molecule has 2 rings (SSSR count). The van der Waals surface area contributed by atoms with Gasteiger partial charge in [0.1, 0.15) is 12.4 Å². The van der Waals surface area contributed by atoms with Gasteiger partial charge in [-0.3, -0.25) is 10.1 Å². The van der Waals surface area contributed by atoms with E-state index in [2.05, 4.69) is 5.32 Å². The highest BCUT2D eigenvalue weighted by Crippen LogP contribution is 2.40. The average molecular weight is 414 g/mol. The van der Waals surface area contributed by atoms with E-state index in [-0.39, 0.29) is 25.5 Å². The van der Waals surface area contributed by atoms with Gasteiger partial charge >= 0.3 is 5.69 Å². The smallest absolute Gasteiger partial charge is 0.337 e. The zero-order chi connectivity index (χ0) is 21.6. The quantitative estimate of drug-likeness (QED) is 0.340. The lowest BCUT2D eigenvalue weighted by Gasteiger charge is -2.18. The summed E-state index contributed by atoms with van der Waals surface area (Å²) in [7, 11) is 0. The molecule has 0 aliphatic heterocycles. The van der Waals surface area contributed by atoms with E-state index in [0.29, 0.717) is 11.6 Å². The first kappa shape index (κ1) is 22.4. The predicted octanol–water partition coefficient (Wildman–Crippen LogP) is 4.84. The molecule has 10 heteroatoms. The second kappa shape index (κ2) is 10.1. The minimum Gasteiger partial charge on any atom is -0.481 e. The molecule has 0 saturated heterocycles. The largest absolute Gasteiger partial charge is 0.481 e. The first-order valence-corrected chi connectivity index (χ1v) is 8.84. The number of aryl methyl sites for hydroxylation is 1. The van der Waals surface area contributed by atoms with E-state index in [9.17, 15) is 23.3 Å². The Kier molecular flexibility index (Phi) is 7.80. The zero-order valence-corrected chi connectivity index (χ0v) is 16.1. The zero-order valence-electron chi connectivity index (χ0n) is 16.1. The van der Waals surface area contributed by atoms with Crippen molar-refractivity contribution >= 4 is 17.1 Å². The van der Waals surface area contributed by atoms with Crippen molar-refractivity contribution in [2.45, 2.75) is 27.1 Å². The fourth-order valence-corrected chi connectivity index (χ4v) is 2.53. The molecule has 29 heavy (non-hydrogen) atoms. The van der Waals surface area contributed by atoms with E-state index in [1.165, 1.54) is 12.1 Å². The Labute approximate surface area is 165 Å². The normalized spacial score (nSPS) is 11.0. The Hall–Kier alpha value is -2.85. The second-order valence-electron chi connectivity index (χ2n) is 5.91. The third-order valence-corrected chi connectivity index (χ3v) is 3.80. The number of nitrogens with one attached hydrogen (secondary N) is 1. The van der Waals surface area contributed by atoms with Crippen molar-refractivity contribution in [3.05, 3.63) is 57.4 Å². The maximum atomic E-state index is 14.4. The number of nitrogens with zero attached hydrogens (tertiary/aromatic N) is 1. The topological polar surface area (TPSA) is 82.9 Å². The van der Waals surface area contributed by atoms with Crippen LogP contribution in [-0.2, 0) is 9.47 Å². The van der Waals surface area contributed by atoms with Crippen LogP contribution in [0.5, 0.6) is 5.75 Å². The Morgan fingerprint density at radius 1 is 1.10 bits per heavy atom. The number of benzene rings is 2. The summed E-state index contributed by atoms with van der Waals surface area (Å²) >= 11 is 0. The monoisotopic (exact) mass is 414 g/mol. The first-order valence-electron chi connectivity index (χ1n) is 8.84. The van der Waals surface area contributed by atoms with Crippen LogP contribution in [-0.4, -0.2) is 31.0 Å². The van der Waals surface area contributed by atoms with E-state index in [1.807, 2.05) is 0 Å². The fourth-order valence-electron chi connectivity index (χ4n) is 2.53. The molecule has 1 N–H and O–H groups in total. The number of ether oxygens (including phenoxy) is 3. The molecule has 2 aromatic rings. The number of nitro benzene ring substituents is 1. The highest BCUT2D eigenvalue weighted by Gasteiger charge is 2.30. The molecule has 2 aromatic carbocycles. The van der Waals surface area contributed by atoms with Crippen LogP contribution < -0.4 is 10.1 Å². The maximum Gasteiger partial charge on any atom is 0.337 e. The fraction of sp³-hybridized carbons (Fsp3) is 0.368. The number of hydrogen-bond donors (Lipinski definition) is 1. The van der Waals surface area contributed by atoms with E-state index in [1.54, 1.807) is 20.8 Å². The van der Waals surface area contributed by atoms with Crippen LogP contribution in [0, 0.1) is 34.5 Å². The van der Waals surface area contributed by atoms with E-state index >= 15 is 0 Å². The lowest BCUT2D eigenvalue weighted by atomic mass is 10.2. The molecular weight excluding hydrogens is 393 g/mol. The summed E-state index contributed by atoms with van der Waals surface area (Å²) < 4.78 is 58.4. The van der Waals surface area contributed by atoms with Crippen LogP contribution in [0.3, 0.4) is 0 Å². The standard InChI is InChI=1S/C19H21F3N2O5/c1-4-27-16(28-5-2)10-29-15-9-13(21)17(22)18(19(15)24(25)26)23-14-7-6-11(3)8-12(14)20/h6-9,16,23H,4-5,10H2,1-3H3. The van der Waals surface area contributed by atoms with Crippen molar-refractivity contribution in [3.63, 3.8) is 0 Å². The van der Waals surface area contributed by atoms with Crippen LogP contribution in [0.25, 0.3) is 0 Å². The molecule has 0 spiro atoms. The maximum absolute atomic E-state index is 14.4. The van der Waals surface area contributed by atoms with Crippen molar-refractivity contribution in [1.82, 2.24) is 0 Å².